The van der Waals surface area contributed by atoms with E-state index in [1.165, 1.54) is 29.3 Å². The van der Waals surface area contributed by atoms with Gasteiger partial charge in [0.2, 0.25) is 11.8 Å². The number of unbranched alkanes of at least 4 members (excludes halogenated alkanes) is 1. The van der Waals surface area contributed by atoms with Gasteiger partial charge in [-0.3, -0.25) is 24.8 Å². The van der Waals surface area contributed by atoms with E-state index in [1.807, 2.05) is 6.92 Å². The van der Waals surface area contributed by atoms with E-state index in [9.17, 15) is 23.9 Å². The van der Waals surface area contributed by atoms with Crippen LogP contribution in [0.15, 0.2) is 28.3 Å². The molecule has 12 heteroatoms. The minimum Gasteiger partial charge on any atom is -0.490 e. The summed E-state index contributed by atoms with van der Waals surface area (Å²) >= 11 is 0. The molecule has 232 valence electrons. The second-order valence-corrected chi connectivity index (χ2v) is 12.0. The summed E-state index contributed by atoms with van der Waals surface area (Å²) in [6.45, 7) is 7.73. The van der Waals surface area contributed by atoms with Crippen molar-refractivity contribution in [1.29, 1.82) is 0 Å². The van der Waals surface area contributed by atoms with E-state index < -0.39 is 35.1 Å². The Morgan fingerprint density at radius 2 is 1.98 bits per heavy atom. The molecule has 0 aromatic heterocycles. The van der Waals surface area contributed by atoms with Crippen molar-refractivity contribution in [2.45, 2.75) is 96.3 Å². The van der Waals surface area contributed by atoms with Crippen LogP contribution in [0.4, 0.5) is 9.18 Å². The van der Waals surface area contributed by atoms with E-state index >= 15 is 0 Å². The minimum atomic E-state index is -1.36. The number of piperidine rings is 1. The van der Waals surface area contributed by atoms with Crippen molar-refractivity contribution in [2.75, 3.05) is 19.7 Å². The molecule has 1 aromatic rings. The van der Waals surface area contributed by atoms with Crippen LogP contribution < -0.4 is 15.9 Å². The van der Waals surface area contributed by atoms with Crippen LogP contribution >= 0.6 is 0 Å². The SMILES string of the molecule is CC[C@@](O)(CN=C(C=NN)CCCCN(C(=O)OC(C)(C)C)C1CCC(=O)NC1=O)c1ccc(F)c(OCC2CC2)c1. The first-order valence-corrected chi connectivity index (χ1v) is 14.6. The molecule has 0 radical (unpaired) electrons. The maximum atomic E-state index is 14.3. The lowest BCUT2D eigenvalue weighted by Gasteiger charge is -2.34. The lowest BCUT2D eigenvalue weighted by atomic mass is 9.91. The second-order valence-electron chi connectivity index (χ2n) is 12.0. The highest BCUT2D eigenvalue weighted by molar-refractivity contribution is 6.30. The van der Waals surface area contributed by atoms with Crippen LogP contribution in [0.3, 0.4) is 0 Å². The van der Waals surface area contributed by atoms with Crippen LogP contribution in [0.25, 0.3) is 0 Å². The zero-order valence-electron chi connectivity index (χ0n) is 25.0. The number of carbonyl (C=O) groups excluding carboxylic acids is 3. The van der Waals surface area contributed by atoms with Crippen LogP contribution in [-0.2, 0) is 19.9 Å². The van der Waals surface area contributed by atoms with Crippen molar-refractivity contribution in [3.63, 3.8) is 0 Å². The van der Waals surface area contributed by atoms with Crippen LogP contribution in [0.2, 0.25) is 0 Å². The van der Waals surface area contributed by atoms with Gasteiger partial charge >= 0.3 is 6.09 Å². The molecular weight excluding hydrogens is 545 g/mol. The first-order chi connectivity index (χ1) is 19.8. The molecule has 2 aliphatic rings. The van der Waals surface area contributed by atoms with Gasteiger partial charge in [-0.15, -0.1) is 0 Å². The smallest absolute Gasteiger partial charge is 0.410 e. The number of halogens is 1. The maximum Gasteiger partial charge on any atom is 0.410 e. The van der Waals surface area contributed by atoms with Gasteiger partial charge in [-0.1, -0.05) is 13.0 Å². The van der Waals surface area contributed by atoms with E-state index in [0.717, 1.165) is 12.8 Å². The van der Waals surface area contributed by atoms with Gasteiger partial charge in [-0.2, -0.15) is 5.10 Å². The van der Waals surface area contributed by atoms with Crippen LogP contribution in [0.5, 0.6) is 5.75 Å². The van der Waals surface area contributed by atoms with E-state index in [1.54, 1.807) is 20.8 Å². The normalized spacial score (nSPS) is 19.4. The average Bonchev–Trinajstić information content (AvgIpc) is 3.75. The fourth-order valence-electron chi connectivity index (χ4n) is 4.57. The number of aliphatic hydroxyl groups is 1. The molecule has 1 saturated carbocycles. The summed E-state index contributed by atoms with van der Waals surface area (Å²) in [5.74, 6) is 4.63. The lowest BCUT2D eigenvalue weighted by molar-refractivity contribution is -0.137. The van der Waals surface area contributed by atoms with Crippen molar-refractivity contribution in [1.82, 2.24) is 10.2 Å². The fourth-order valence-corrected chi connectivity index (χ4v) is 4.57. The van der Waals surface area contributed by atoms with Crippen LogP contribution in [0, 0.1) is 11.7 Å². The third kappa shape index (κ3) is 9.78. The molecule has 1 aliphatic carbocycles. The molecule has 3 amide bonds. The van der Waals surface area contributed by atoms with Gasteiger partial charge in [-0.25, -0.2) is 9.18 Å². The fraction of sp³-hybridized carbons (Fsp3) is 0.633. The number of amides is 3. The summed E-state index contributed by atoms with van der Waals surface area (Å²) < 4.78 is 25.5. The number of imide groups is 1. The Hall–Kier alpha value is -3.54. The number of carbonyl (C=O) groups is 3. The summed E-state index contributed by atoms with van der Waals surface area (Å²) in [7, 11) is 0. The zero-order chi connectivity index (χ0) is 30.9. The van der Waals surface area contributed by atoms with Crippen molar-refractivity contribution in [3.05, 3.63) is 29.6 Å². The molecule has 1 unspecified atom stereocenters. The Labute approximate surface area is 246 Å². The molecule has 1 heterocycles. The predicted molar refractivity (Wildman–Crippen MR) is 157 cm³/mol. The molecule has 0 spiro atoms. The molecule has 1 aliphatic heterocycles. The van der Waals surface area contributed by atoms with Crippen molar-refractivity contribution in [2.24, 2.45) is 21.9 Å². The van der Waals surface area contributed by atoms with Crippen molar-refractivity contribution in [3.8, 4) is 5.75 Å². The van der Waals surface area contributed by atoms with E-state index in [2.05, 4.69) is 15.4 Å². The molecule has 2 atom stereocenters. The Balaban J connectivity index is 1.64. The molecule has 2 fully saturated rings. The Morgan fingerprint density at radius 3 is 2.60 bits per heavy atom. The van der Waals surface area contributed by atoms with Gasteiger partial charge in [0, 0.05) is 13.0 Å². The first-order valence-electron chi connectivity index (χ1n) is 14.6. The Morgan fingerprint density at radius 1 is 1.24 bits per heavy atom. The number of benzene rings is 1. The number of hydrogen-bond acceptors (Lipinski definition) is 9. The highest BCUT2D eigenvalue weighted by Crippen LogP contribution is 2.33. The summed E-state index contributed by atoms with van der Waals surface area (Å²) in [4.78, 5) is 43.0. The molecule has 42 heavy (non-hydrogen) atoms. The topological polar surface area (TPSA) is 156 Å². The summed E-state index contributed by atoms with van der Waals surface area (Å²) in [6, 6.07) is 3.57. The molecule has 4 N–H and O–H groups in total. The lowest BCUT2D eigenvalue weighted by Crippen LogP contribution is -2.55. The van der Waals surface area contributed by atoms with Crippen molar-refractivity contribution >= 4 is 29.8 Å². The number of ether oxygens (including phenoxy) is 2. The molecule has 1 aromatic carbocycles. The summed E-state index contributed by atoms with van der Waals surface area (Å²) in [6.07, 6.45) is 5.16. The second kappa shape index (κ2) is 14.6. The Bertz CT molecular complexity index is 1180. The number of rotatable bonds is 14. The first kappa shape index (κ1) is 33.0. The summed E-state index contributed by atoms with van der Waals surface area (Å²) in [5.41, 5.74) is -1.07. The third-order valence-corrected chi connectivity index (χ3v) is 7.29. The van der Waals surface area contributed by atoms with Gasteiger partial charge < -0.3 is 20.4 Å². The van der Waals surface area contributed by atoms with Gasteiger partial charge in [0.25, 0.3) is 0 Å². The third-order valence-electron chi connectivity index (χ3n) is 7.29. The van der Waals surface area contributed by atoms with Crippen LogP contribution in [-0.4, -0.2) is 71.2 Å². The average molecular weight is 590 g/mol. The standard InChI is InChI=1S/C30H44FN5O6/c1-5-30(40,21-11-12-23(31)25(16-21)41-18-20-9-10-20)19-33-22(17-34-32)8-6-7-15-36(28(39)42-29(2,3)4)24-13-14-26(37)35-27(24)38/h11-12,16-17,20,24,40H,5-10,13-15,18-19,32H2,1-4H3,(H,35,37,38)/t24?,30-/m1/s1. The number of nitrogens with one attached hydrogen (secondary N) is 1. The number of nitrogens with zero attached hydrogens (tertiary/aromatic N) is 3. The molecule has 11 nitrogen and oxygen atoms in total. The quantitative estimate of drug-likeness (QED) is 0.0979. The molecule has 1 saturated heterocycles. The van der Waals surface area contributed by atoms with E-state index in [0.29, 0.717) is 49.5 Å². The highest BCUT2D eigenvalue weighted by Gasteiger charge is 2.36. The van der Waals surface area contributed by atoms with E-state index in [4.69, 9.17) is 15.3 Å². The number of hydrogen-bond donors (Lipinski definition) is 3. The monoisotopic (exact) mass is 589 g/mol. The molecule has 0 bridgehead atoms. The highest BCUT2D eigenvalue weighted by atomic mass is 19.1. The number of aliphatic imine (C=N–C) groups is 1. The number of nitrogens with two attached hydrogens (primary N) is 1. The maximum absolute atomic E-state index is 14.3. The summed E-state index contributed by atoms with van der Waals surface area (Å²) in [5, 5.41) is 17.3. The predicted octanol–water partition coefficient (Wildman–Crippen LogP) is 3.81. The largest absolute Gasteiger partial charge is 0.490 e. The van der Waals surface area contributed by atoms with Gasteiger partial charge in [-0.05, 0) is 89.3 Å². The Kier molecular flexibility index (Phi) is 11.4. The van der Waals surface area contributed by atoms with E-state index in [-0.39, 0.29) is 37.6 Å². The molecular formula is C30H44FN5O6. The van der Waals surface area contributed by atoms with Gasteiger partial charge in [0.1, 0.15) is 17.2 Å². The van der Waals surface area contributed by atoms with Gasteiger partial charge in [0.15, 0.2) is 11.6 Å². The zero-order valence-corrected chi connectivity index (χ0v) is 25.0. The molecule has 3 rings (SSSR count). The minimum absolute atomic E-state index is 0.00113. The number of hydrazone groups is 1. The van der Waals surface area contributed by atoms with Gasteiger partial charge in [0.05, 0.1) is 25.1 Å². The van der Waals surface area contributed by atoms with Crippen molar-refractivity contribution < 1.29 is 33.4 Å². The van der Waals surface area contributed by atoms with Crippen LogP contribution in [0.1, 0.15) is 84.6 Å².